The molecule has 1 N–H and O–H groups in total. The molecule has 0 aromatic heterocycles. The van der Waals surface area contributed by atoms with Crippen LogP contribution >= 0.6 is 35.0 Å². The van der Waals surface area contributed by atoms with Gasteiger partial charge in [-0.1, -0.05) is 34.3 Å². The lowest BCUT2D eigenvalue weighted by molar-refractivity contribution is -0.147. The molecule has 1 saturated carbocycles. The number of fused-ring (bicyclic) bond motifs is 3. The Bertz CT molecular complexity index is 805. The zero-order valence-corrected chi connectivity index (χ0v) is 17.8. The van der Waals surface area contributed by atoms with Crippen LogP contribution in [0, 0.1) is 17.8 Å². The average Bonchev–Trinajstić information content (AvgIpc) is 3.04. The lowest BCUT2D eigenvalue weighted by Gasteiger charge is -2.32. The second-order valence-electron chi connectivity index (χ2n) is 8.24. The molecule has 1 heterocycles. The van der Waals surface area contributed by atoms with Gasteiger partial charge in [-0.3, -0.25) is 4.79 Å². The van der Waals surface area contributed by atoms with Crippen LogP contribution in [0.25, 0.3) is 0 Å². The van der Waals surface area contributed by atoms with Crippen molar-refractivity contribution in [1.82, 2.24) is 0 Å². The highest BCUT2D eigenvalue weighted by molar-refractivity contribution is 7.99. The molecule has 4 rings (SSSR count). The fraction of sp³-hybridized carbons (Fsp3) is 0.571. The summed E-state index contributed by atoms with van der Waals surface area (Å²) in [5.74, 6) is 0.460. The van der Waals surface area contributed by atoms with Gasteiger partial charge in [-0.15, -0.1) is 11.8 Å². The van der Waals surface area contributed by atoms with Gasteiger partial charge in [0.2, 0.25) is 0 Å². The van der Waals surface area contributed by atoms with Crippen molar-refractivity contribution in [1.29, 1.82) is 0 Å². The molecule has 0 amide bonds. The number of carbonyl (C=O) groups excluding carboxylic acids is 1. The maximum atomic E-state index is 12.7. The van der Waals surface area contributed by atoms with E-state index < -0.39 is 5.60 Å². The van der Waals surface area contributed by atoms with Crippen LogP contribution in [-0.2, 0) is 9.53 Å². The van der Waals surface area contributed by atoms with Crippen LogP contribution in [0.5, 0.6) is 0 Å². The van der Waals surface area contributed by atoms with E-state index in [1.165, 1.54) is 11.1 Å². The maximum absolute atomic E-state index is 12.7. The Labute approximate surface area is 174 Å². The Morgan fingerprint density at radius 3 is 2.81 bits per heavy atom. The SMILES string of the molecule is CC1=C2CC[C@@](C)(O)[C@@H]2[C@H]2OC(=O)[C@@H](CSc3ccc(Cl)c(Cl)c3)[C@@H]2CC1. The minimum atomic E-state index is -0.796. The molecule has 2 fully saturated rings. The predicted octanol–water partition coefficient (Wildman–Crippen LogP) is 5.51. The van der Waals surface area contributed by atoms with Crippen molar-refractivity contribution >= 4 is 40.9 Å². The van der Waals surface area contributed by atoms with Gasteiger partial charge in [0.15, 0.2) is 0 Å². The van der Waals surface area contributed by atoms with Crippen LogP contribution in [0.2, 0.25) is 10.0 Å². The minimum absolute atomic E-state index is 0.0612. The van der Waals surface area contributed by atoms with E-state index in [0.717, 1.165) is 30.6 Å². The highest BCUT2D eigenvalue weighted by Crippen LogP contribution is 2.53. The van der Waals surface area contributed by atoms with Gasteiger partial charge < -0.3 is 9.84 Å². The Kier molecular flexibility index (Phi) is 5.30. The van der Waals surface area contributed by atoms with E-state index in [0.29, 0.717) is 15.8 Å². The molecule has 0 unspecified atom stereocenters. The molecule has 3 aliphatic rings. The molecule has 3 nitrogen and oxygen atoms in total. The third-order valence-electron chi connectivity index (χ3n) is 6.49. The van der Waals surface area contributed by atoms with E-state index in [9.17, 15) is 9.90 Å². The lowest BCUT2D eigenvalue weighted by Crippen LogP contribution is -2.41. The van der Waals surface area contributed by atoms with Crippen molar-refractivity contribution in [3.8, 4) is 0 Å². The first-order valence-electron chi connectivity index (χ1n) is 9.47. The number of halogens is 2. The molecule has 2 aliphatic carbocycles. The van der Waals surface area contributed by atoms with Gasteiger partial charge in [-0.2, -0.15) is 0 Å². The van der Waals surface area contributed by atoms with Crippen molar-refractivity contribution in [3.05, 3.63) is 39.4 Å². The lowest BCUT2D eigenvalue weighted by atomic mass is 9.78. The largest absolute Gasteiger partial charge is 0.461 e. The number of carbonyl (C=O) groups is 1. The topological polar surface area (TPSA) is 46.5 Å². The molecule has 1 aliphatic heterocycles. The number of allylic oxidation sites excluding steroid dienone is 1. The van der Waals surface area contributed by atoms with Crippen molar-refractivity contribution in [2.45, 2.75) is 56.1 Å². The van der Waals surface area contributed by atoms with E-state index in [2.05, 4.69) is 6.92 Å². The Hall–Kier alpha value is -0.680. The van der Waals surface area contributed by atoms with Crippen molar-refractivity contribution < 1.29 is 14.6 Å². The quantitative estimate of drug-likeness (QED) is 0.392. The molecule has 0 radical (unpaired) electrons. The Balaban J connectivity index is 1.54. The third kappa shape index (κ3) is 3.55. The Morgan fingerprint density at radius 1 is 1.30 bits per heavy atom. The fourth-order valence-corrected chi connectivity index (χ4v) is 6.47. The first kappa shape index (κ1) is 19.6. The van der Waals surface area contributed by atoms with Crippen LogP contribution in [-0.4, -0.2) is 28.5 Å². The zero-order chi connectivity index (χ0) is 19.3. The van der Waals surface area contributed by atoms with Gasteiger partial charge >= 0.3 is 5.97 Å². The van der Waals surface area contributed by atoms with E-state index >= 15 is 0 Å². The molecule has 1 aromatic carbocycles. The monoisotopic (exact) mass is 426 g/mol. The van der Waals surface area contributed by atoms with Crippen LogP contribution in [0.3, 0.4) is 0 Å². The van der Waals surface area contributed by atoms with Gasteiger partial charge in [0, 0.05) is 22.5 Å². The summed E-state index contributed by atoms with van der Waals surface area (Å²) >= 11 is 13.7. The van der Waals surface area contributed by atoms with Crippen LogP contribution in [0.4, 0.5) is 0 Å². The normalized spacial score (nSPS) is 35.7. The van der Waals surface area contributed by atoms with Gasteiger partial charge in [-0.25, -0.2) is 0 Å². The minimum Gasteiger partial charge on any atom is -0.461 e. The average molecular weight is 427 g/mol. The molecule has 27 heavy (non-hydrogen) atoms. The number of ether oxygens (including phenoxy) is 1. The van der Waals surface area contributed by atoms with Crippen LogP contribution < -0.4 is 0 Å². The van der Waals surface area contributed by atoms with Crippen molar-refractivity contribution in [3.63, 3.8) is 0 Å². The number of thioether (sulfide) groups is 1. The summed E-state index contributed by atoms with van der Waals surface area (Å²) in [5, 5.41) is 12.0. The van der Waals surface area contributed by atoms with Crippen molar-refractivity contribution in [2.24, 2.45) is 17.8 Å². The second kappa shape index (κ2) is 7.29. The van der Waals surface area contributed by atoms with Crippen LogP contribution in [0.15, 0.2) is 34.2 Å². The van der Waals surface area contributed by atoms with E-state index in [1.54, 1.807) is 17.8 Å². The number of esters is 1. The summed E-state index contributed by atoms with van der Waals surface area (Å²) in [6, 6.07) is 5.54. The van der Waals surface area contributed by atoms with Gasteiger partial charge in [0.25, 0.3) is 0 Å². The number of hydrogen-bond donors (Lipinski definition) is 1. The standard InChI is InChI=1S/C21H24Cl2O3S/c1-11-3-5-14-15(10-27-12-4-6-16(22)17(23)9-12)20(24)26-19(14)18-13(11)7-8-21(18,2)25/h4,6,9,14-15,18-19,25H,3,5,7-8,10H2,1-2H3/t14-,15-,18-,19-,21+/m0/s1. The molecule has 1 saturated heterocycles. The molecular formula is C21H24Cl2O3S. The summed E-state index contributed by atoms with van der Waals surface area (Å²) in [7, 11) is 0. The summed E-state index contributed by atoms with van der Waals surface area (Å²) in [5.41, 5.74) is 1.90. The number of aliphatic hydroxyl groups is 1. The van der Waals surface area contributed by atoms with E-state index in [1.807, 2.05) is 19.1 Å². The van der Waals surface area contributed by atoms with Gasteiger partial charge in [-0.05, 0) is 57.7 Å². The van der Waals surface area contributed by atoms with Gasteiger partial charge in [0.1, 0.15) is 6.10 Å². The molecule has 0 bridgehead atoms. The first-order chi connectivity index (χ1) is 12.8. The zero-order valence-electron chi connectivity index (χ0n) is 15.5. The van der Waals surface area contributed by atoms with Gasteiger partial charge in [0.05, 0.1) is 21.6 Å². The molecule has 0 spiro atoms. The summed E-state index contributed by atoms with van der Waals surface area (Å²) in [6.45, 7) is 4.07. The third-order valence-corrected chi connectivity index (χ3v) is 8.34. The number of benzene rings is 1. The highest BCUT2D eigenvalue weighted by atomic mass is 35.5. The molecule has 146 valence electrons. The first-order valence-corrected chi connectivity index (χ1v) is 11.2. The molecule has 5 atom stereocenters. The maximum Gasteiger partial charge on any atom is 0.310 e. The number of rotatable bonds is 3. The van der Waals surface area contributed by atoms with E-state index in [4.69, 9.17) is 27.9 Å². The molecule has 1 aromatic rings. The second-order valence-corrected chi connectivity index (χ2v) is 10.1. The van der Waals surface area contributed by atoms with E-state index in [-0.39, 0.29) is 29.8 Å². The fourth-order valence-electron chi connectivity index (χ4n) is 4.99. The Morgan fingerprint density at radius 2 is 2.07 bits per heavy atom. The summed E-state index contributed by atoms with van der Waals surface area (Å²) in [4.78, 5) is 13.7. The predicted molar refractivity (Wildman–Crippen MR) is 109 cm³/mol. The van der Waals surface area contributed by atoms with Crippen LogP contribution in [0.1, 0.15) is 39.5 Å². The molecule has 6 heteroatoms. The molecular weight excluding hydrogens is 403 g/mol. The van der Waals surface area contributed by atoms with Crippen molar-refractivity contribution in [2.75, 3.05) is 5.75 Å². The smallest absolute Gasteiger partial charge is 0.310 e. The summed E-state index contributed by atoms with van der Waals surface area (Å²) in [6.07, 6.45) is 3.36. The number of hydrogen-bond acceptors (Lipinski definition) is 4. The highest BCUT2D eigenvalue weighted by Gasteiger charge is 2.56. The summed E-state index contributed by atoms with van der Waals surface area (Å²) < 4.78 is 5.89.